The molecule has 3 aromatic rings. The number of furan rings is 1. The van der Waals surface area contributed by atoms with Gasteiger partial charge in [-0.15, -0.1) is 0 Å². The van der Waals surface area contributed by atoms with Gasteiger partial charge in [-0.3, -0.25) is 9.59 Å². The molecule has 2 amide bonds. The van der Waals surface area contributed by atoms with Crippen molar-refractivity contribution in [3.8, 4) is 0 Å². The van der Waals surface area contributed by atoms with E-state index in [2.05, 4.69) is 5.32 Å². The summed E-state index contributed by atoms with van der Waals surface area (Å²) in [5.41, 5.74) is 1.19. The van der Waals surface area contributed by atoms with E-state index >= 15 is 0 Å². The maximum absolute atomic E-state index is 12.9. The van der Waals surface area contributed by atoms with Gasteiger partial charge in [0.05, 0.1) is 26.2 Å². The van der Waals surface area contributed by atoms with Crippen molar-refractivity contribution in [2.45, 2.75) is 0 Å². The van der Waals surface area contributed by atoms with Gasteiger partial charge in [-0.25, -0.2) is 4.39 Å². The maximum Gasteiger partial charge on any atom is 0.290 e. The van der Waals surface area contributed by atoms with Crippen molar-refractivity contribution in [3.63, 3.8) is 0 Å². The lowest BCUT2D eigenvalue weighted by atomic mass is 10.2. The first-order valence-electron chi connectivity index (χ1n) is 9.35. The van der Waals surface area contributed by atoms with Gasteiger partial charge in [0.2, 0.25) is 0 Å². The van der Waals surface area contributed by atoms with Crippen LogP contribution in [-0.2, 0) is 4.79 Å². The van der Waals surface area contributed by atoms with Crippen molar-refractivity contribution in [2.75, 3.05) is 38.0 Å². The number of nitrogens with zero attached hydrogens (tertiary/aromatic N) is 1. The van der Waals surface area contributed by atoms with E-state index in [4.69, 9.17) is 16.0 Å². The second kappa shape index (κ2) is 8.23. The lowest BCUT2D eigenvalue weighted by Gasteiger charge is -2.31. The van der Waals surface area contributed by atoms with Gasteiger partial charge in [0.25, 0.3) is 11.8 Å². The average Bonchev–Trinajstić information content (AvgIpc) is 3.13. The highest BCUT2D eigenvalue weighted by molar-refractivity contribution is 6.31. The molecule has 4 rings (SSSR count). The predicted molar refractivity (Wildman–Crippen MR) is 108 cm³/mol. The van der Waals surface area contributed by atoms with E-state index in [1.807, 2.05) is 0 Å². The lowest BCUT2D eigenvalue weighted by molar-refractivity contribution is -0.895. The number of hydrogen-bond donors (Lipinski definition) is 2. The molecule has 2 N–H and O–H groups in total. The Bertz CT molecular complexity index is 1040. The minimum atomic E-state index is -0.345. The highest BCUT2D eigenvalue weighted by atomic mass is 35.5. The van der Waals surface area contributed by atoms with E-state index in [-0.39, 0.29) is 17.6 Å². The van der Waals surface area contributed by atoms with Crippen LogP contribution in [0, 0.1) is 5.82 Å². The van der Waals surface area contributed by atoms with E-state index in [0.717, 1.165) is 10.3 Å². The summed E-state index contributed by atoms with van der Waals surface area (Å²) in [5.74, 6) is -0.352. The summed E-state index contributed by atoms with van der Waals surface area (Å²) < 4.78 is 18.6. The molecule has 0 radical (unpaired) electrons. The summed E-state index contributed by atoms with van der Waals surface area (Å²) in [4.78, 5) is 27.8. The second-order valence-electron chi connectivity index (χ2n) is 7.07. The van der Waals surface area contributed by atoms with Crippen LogP contribution in [0.15, 0.2) is 52.9 Å². The molecule has 0 unspecified atom stereocenters. The summed E-state index contributed by atoms with van der Waals surface area (Å²) in [7, 11) is 0. The van der Waals surface area contributed by atoms with Crippen LogP contribution in [0.4, 0.5) is 10.1 Å². The summed E-state index contributed by atoms with van der Waals surface area (Å²) in [6, 6.07) is 12.6. The summed E-state index contributed by atoms with van der Waals surface area (Å²) in [6.45, 7) is 2.69. The Balaban J connectivity index is 1.30. The van der Waals surface area contributed by atoms with Crippen molar-refractivity contribution < 1.29 is 23.3 Å². The molecule has 1 fully saturated rings. The molecule has 0 atom stereocenters. The molecule has 2 aromatic carbocycles. The molecule has 1 saturated heterocycles. The maximum atomic E-state index is 12.9. The van der Waals surface area contributed by atoms with E-state index in [1.54, 1.807) is 29.2 Å². The standard InChI is InChI=1S/C21H19ClFN3O3/c22-15-1-6-18-14(11-15)12-19(29-18)21(28)26-9-7-25(8-10-26)13-20(27)24-17-4-2-16(23)3-5-17/h1-6,11-12H,7-10,13H2,(H,24,27)/p+1. The summed E-state index contributed by atoms with van der Waals surface area (Å²) in [5, 5.41) is 4.15. The first kappa shape index (κ1) is 19.4. The van der Waals surface area contributed by atoms with Gasteiger partial charge in [-0.1, -0.05) is 11.6 Å². The predicted octanol–water partition coefficient (Wildman–Crippen LogP) is 2.20. The third-order valence-corrected chi connectivity index (χ3v) is 5.22. The van der Waals surface area contributed by atoms with Crippen LogP contribution in [0.25, 0.3) is 11.0 Å². The summed E-state index contributed by atoms with van der Waals surface area (Å²) in [6.07, 6.45) is 0. The molecule has 1 aliphatic heterocycles. The van der Waals surface area contributed by atoms with Crippen LogP contribution in [0.1, 0.15) is 10.6 Å². The fraction of sp³-hybridized carbons (Fsp3) is 0.238. The fourth-order valence-corrected chi connectivity index (χ4v) is 3.62. The molecule has 6 nitrogen and oxygen atoms in total. The zero-order valence-corrected chi connectivity index (χ0v) is 16.3. The molecule has 0 bridgehead atoms. The molecule has 0 spiro atoms. The van der Waals surface area contributed by atoms with E-state index < -0.39 is 0 Å². The largest absolute Gasteiger partial charge is 0.451 e. The normalized spacial score (nSPS) is 14.9. The van der Waals surface area contributed by atoms with E-state index in [1.165, 1.54) is 24.3 Å². The first-order chi connectivity index (χ1) is 14.0. The average molecular weight is 417 g/mol. The highest BCUT2D eigenvalue weighted by Gasteiger charge is 2.27. The summed E-state index contributed by atoms with van der Waals surface area (Å²) >= 11 is 5.98. The second-order valence-corrected chi connectivity index (χ2v) is 7.50. The monoisotopic (exact) mass is 416 g/mol. The van der Waals surface area contributed by atoms with Crippen LogP contribution in [0.3, 0.4) is 0 Å². The van der Waals surface area contributed by atoms with Gasteiger partial charge in [0.15, 0.2) is 12.3 Å². The zero-order valence-electron chi connectivity index (χ0n) is 15.6. The van der Waals surface area contributed by atoms with Gasteiger partial charge in [-0.05, 0) is 48.5 Å². The number of quaternary nitrogens is 1. The minimum absolute atomic E-state index is 0.138. The number of carbonyl (C=O) groups is 2. The molecular weight excluding hydrogens is 397 g/mol. The smallest absolute Gasteiger partial charge is 0.290 e. The Morgan fingerprint density at radius 2 is 1.83 bits per heavy atom. The molecule has 2 heterocycles. The molecule has 150 valence electrons. The van der Waals surface area contributed by atoms with E-state index in [9.17, 15) is 14.0 Å². The Morgan fingerprint density at radius 3 is 2.55 bits per heavy atom. The van der Waals surface area contributed by atoms with Gasteiger partial charge < -0.3 is 19.5 Å². The number of amides is 2. The minimum Gasteiger partial charge on any atom is -0.451 e. The zero-order chi connectivity index (χ0) is 20.4. The Kier molecular flexibility index (Phi) is 5.51. The number of rotatable bonds is 4. The third-order valence-electron chi connectivity index (χ3n) is 4.99. The highest BCUT2D eigenvalue weighted by Crippen LogP contribution is 2.23. The Hall–Kier alpha value is -2.90. The third kappa shape index (κ3) is 4.58. The Morgan fingerprint density at radius 1 is 1.10 bits per heavy atom. The van der Waals surface area contributed by atoms with Crippen LogP contribution in [-0.4, -0.2) is 49.4 Å². The van der Waals surface area contributed by atoms with Crippen molar-refractivity contribution in [2.24, 2.45) is 0 Å². The van der Waals surface area contributed by atoms with Crippen LogP contribution in [0.5, 0.6) is 0 Å². The van der Waals surface area contributed by atoms with Crippen molar-refractivity contribution >= 4 is 40.1 Å². The first-order valence-corrected chi connectivity index (χ1v) is 9.73. The van der Waals surface area contributed by atoms with Gasteiger partial charge in [-0.2, -0.15) is 0 Å². The van der Waals surface area contributed by atoms with Crippen molar-refractivity contribution in [3.05, 3.63) is 65.1 Å². The van der Waals surface area contributed by atoms with Crippen molar-refractivity contribution in [1.29, 1.82) is 0 Å². The van der Waals surface area contributed by atoms with Gasteiger partial charge >= 0.3 is 0 Å². The number of piperazine rings is 1. The fourth-order valence-electron chi connectivity index (χ4n) is 3.44. The van der Waals surface area contributed by atoms with Crippen LogP contribution in [0.2, 0.25) is 5.02 Å². The van der Waals surface area contributed by atoms with Crippen LogP contribution < -0.4 is 10.2 Å². The van der Waals surface area contributed by atoms with E-state index in [0.29, 0.717) is 54.8 Å². The topological polar surface area (TPSA) is 67.0 Å². The molecular formula is C21H20ClFN3O3+. The van der Waals surface area contributed by atoms with Gasteiger partial charge in [0, 0.05) is 16.1 Å². The number of hydrogen-bond acceptors (Lipinski definition) is 3. The number of fused-ring (bicyclic) bond motifs is 1. The number of halogens is 2. The SMILES string of the molecule is O=C(C[NH+]1CCN(C(=O)c2cc3cc(Cl)ccc3o2)CC1)Nc1ccc(F)cc1. The number of anilines is 1. The molecule has 0 aliphatic carbocycles. The molecule has 1 aliphatic rings. The molecule has 1 aromatic heterocycles. The lowest BCUT2D eigenvalue weighted by Crippen LogP contribution is -3.15. The molecule has 29 heavy (non-hydrogen) atoms. The van der Waals surface area contributed by atoms with Gasteiger partial charge in [0.1, 0.15) is 11.4 Å². The molecule has 0 saturated carbocycles. The van der Waals surface area contributed by atoms with Crippen molar-refractivity contribution in [1.82, 2.24) is 4.90 Å². The van der Waals surface area contributed by atoms with Crippen LogP contribution >= 0.6 is 11.6 Å². The molecule has 8 heteroatoms. The number of benzene rings is 2. The quantitative estimate of drug-likeness (QED) is 0.685. The Labute approximate surface area is 171 Å². The number of nitrogens with one attached hydrogen (secondary N) is 2. The number of carbonyl (C=O) groups excluding carboxylic acids is 2.